The van der Waals surface area contributed by atoms with E-state index in [1.807, 2.05) is 31.3 Å². The summed E-state index contributed by atoms with van der Waals surface area (Å²) in [6, 6.07) is 8.42. The van der Waals surface area contributed by atoms with Crippen LogP contribution in [-0.2, 0) is 9.47 Å². The van der Waals surface area contributed by atoms with Crippen LogP contribution in [0, 0.1) is 5.41 Å². The van der Waals surface area contributed by atoms with Crippen LogP contribution < -0.4 is 15.4 Å². The zero-order valence-electron chi connectivity index (χ0n) is 16.8. The number of anilines is 1. The molecule has 6 nitrogen and oxygen atoms in total. The summed E-state index contributed by atoms with van der Waals surface area (Å²) in [5.74, 6) is 1.65. The molecule has 0 aromatic heterocycles. The maximum Gasteiger partial charge on any atom is 0.195 e. The van der Waals surface area contributed by atoms with Crippen LogP contribution in [-0.4, -0.2) is 52.1 Å². The van der Waals surface area contributed by atoms with Crippen LogP contribution >= 0.6 is 0 Å². The Bertz CT molecular complexity index is 631. The summed E-state index contributed by atoms with van der Waals surface area (Å²) < 4.78 is 16.8. The van der Waals surface area contributed by atoms with E-state index in [1.54, 1.807) is 7.11 Å². The minimum Gasteiger partial charge on any atom is -0.493 e. The fraction of sp³-hybridized carbons (Fsp3) is 0.667. The maximum absolute atomic E-state index is 5.94. The van der Waals surface area contributed by atoms with Gasteiger partial charge in [0.25, 0.3) is 0 Å². The first-order valence-electron chi connectivity index (χ1n) is 10.1. The van der Waals surface area contributed by atoms with E-state index < -0.39 is 0 Å². The molecule has 0 aliphatic heterocycles. The largest absolute Gasteiger partial charge is 0.493 e. The van der Waals surface area contributed by atoms with Crippen molar-refractivity contribution in [2.75, 3.05) is 39.3 Å². The van der Waals surface area contributed by atoms with Crippen molar-refractivity contribution in [2.45, 2.75) is 51.2 Å². The molecule has 2 saturated carbocycles. The Morgan fingerprint density at radius 1 is 1.30 bits per heavy atom. The molecule has 2 aliphatic rings. The second-order valence-electron chi connectivity index (χ2n) is 7.38. The Morgan fingerprint density at radius 2 is 2.15 bits per heavy atom. The van der Waals surface area contributed by atoms with Crippen LogP contribution in [0.1, 0.15) is 39.0 Å². The first-order chi connectivity index (χ1) is 13.2. The van der Waals surface area contributed by atoms with E-state index in [4.69, 9.17) is 14.2 Å². The zero-order valence-corrected chi connectivity index (χ0v) is 16.8. The molecule has 0 bridgehead atoms. The molecule has 27 heavy (non-hydrogen) atoms. The summed E-state index contributed by atoms with van der Waals surface area (Å²) in [4.78, 5) is 4.41. The second-order valence-corrected chi connectivity index (χ2v) is 7.38. The number of nitrogens with zero attached hydrogens (tertiary/aromatic N) is 1. The lowest BCUT2D eigenvalue weighted by molar-refractivity contribution is -0.168. The quantitative estimate of drug-likeness (QED) is 0.393. The lowest BCUT2D eigenvalue weighted by atomic mass is 9.51. The van der Waals surface area contributed by atoms with Crippen molar-refractivity contribution in [1.82, 2.24) is 5.32 Å². The Hall–Kier alpha value is -1.79. The van der Waals surface area contributed by atoms with Crippen molar-refractivity contribution in [3.8, 4) is 5.75 Å². The predicted molar refractivity (Wildman–Crippen MR) is 109 cm³/mol. The van der Waals surface area contributed by atoms with Crippen molar-refractivity contribution in [1.29, 1.82) is 0 Å². The highest BCUT2D eigenvalue weighted by Gasteiger charge is 2.59. The Kier molecular flexibility index (Phi) is 6.96. The van der Waals surface area contributed by atoms with Crippen molar-refractivity contribution in [3.63, 3.8) is 0 Å². The van der Waals surface area contributed by atoms with Gasteiger partial charge in [-0.15, -0.1) is 0 Å². The first kappa shape index (κ1) is 20.0. The predicted octanol–water partition coefficient (Wildman–Crippen LogP) is 3.44. The van der Waals surface area contributed by atoms with Gasteiger partial charge in [-0.1, -0.05) is 12.5 Å². The molecule has 2 aliphatic carbocycles. The fourth-order valence-electron chi connectivity index (χ4n) is 4.16. The van der Waals surface area contributed by atoms with E-state index in [0.717, 1.165) is 36.8 Å². The van der Waals surface area contributed by atoms with Crippen LogP contribution in [0.3, 0.4) is 0 Å². The molecular formula is C21H33N3O3. The Labute approximate surface area is 162 Å². The molecule has 150 valence electrons. The van der Waals surface area contributed by atoms with Crippen LogP contribution in [0.2, 0.25) is 0 Å². The monoisotopic (exact) mass is 375 g/mol. The molecule has 1 spiro atoms. The molecule has 2 atom stereocenters. The lowest BCUT2D eigenvalue weighted by Gasteiger charge is -2.61. The lowest BCUT2D eigenvalue weighted by Crippen LogP contribution is -2.68. The molecule has 6 heteroatoms. The Morgan fingerprint density at radius 3 is 2.81 bits per heavy atom. The van der Waals surface area contributed by atoms with E-state index in [2.05, 4.69) is 22.5 Å². The molecule has 1 aromatic rings. The van der Waals surface area contributed by atoms with Gasteiger partial charge in [-0.05, 0) is 38.3 Å². The Balaban J connectivity index is 1.53. The van der Waals surface area contributed by atoms with Crippen LogP contribution in [0.25, 0.3) is 0 Å². The van der Waals surface area contributed by atoms with E-state index in [1.165, 1.54) is 19.3 Å². The van der Waals surface area contributed by atoms with Crippen LogP contribution in [0.5, 0.6) is 5.75 Å². The molecule has 2 unspecified atom stereocenters. The van der Waals surface area contributed by atoms with Crippen molar-refractivity contribution >= 4 is 11.6 Å². The minimum atomic E-state index is 0.305. The standard InChI is InChI=1S/C21H33N3O3/c1-4-26-19-15-18(21(19)10-6-11-21)24-20(22-2)23-16-8-5-9-17(14-16)27-13-7-12-25-3/h5,8-9,14,18-19H,4,6-7,10-13,15H2,1-3H3,(H2,22,23,24). The van der Waals surface area contributed by atoms with Gasteiger partial charge >= 0.3 is 0 Å². The number of rotatable bonds is 9. The average Bonchev–Trinajstić information content (AvgIpc) is 2.62. The summed E-state index contributed by atoms with van der Waals surface area (Å²) in [5, 5.41) is 7.01. The molecule has 3 rings (SSSR count). The van der Waals surface area contributed by atoms with Gasteiger partial charge in [0.05, 0.1) is 12.7 Å². The van der Waals surface area contributed by atoms with Gasteiger partial charge in [-0.3, -0.25) is 4.99 Å². The number of guanidine groups is 1. The van der Waals surface area contributed by atoms with Gasteiger partial charge in [0.1, 0.15) is 5.75 Å². The molecule has 0 heterocycles. The van der Waals surface area contributed by atoms with E-state index in [-0.39, 0.29) is 0 Å². The minimum absolute atomic E-state index is 0.305. The second kappa shape index (κ2) is 9.42. The normalized spacial score (nSPS) is 23.4. The molecule has 0 saturated heterocycles. The van der Waals surface area contributed by atoms with Gasteiger partial charge in [-0.25, -0.2) is 0 Å². The summed E-state index contributed by atoms with van der Waals surface area (Å²) in [5.41, 5.74) is 1.27. The zero-order chi connectivity index (χ0) is 19.1. The van der Waals surface area contributed by atoms with Gasteiger partial charge in [-0.2, -0.15) is 0 Å². The number of benzene rings is 1. The topological polar surface area (TPSA) is 64.1 Å². The summed E-state index contributed by atoms with van der Waals surface area (Å²) in [6.45, 7) is 4.23. The number of aliphatic imine (C=N–C) groups is 1. The van der Waals surface area contributed by atoms with Crippen molar-refractivity contribution < 1.29 is 14.2 Å². The summed E-state index contributed by atoms with van der Waals surface area (Å²) in [7, 11) is 3.52. The summed E-state index contributed by atoms with van der Waals surface area (Å²) in [6.07, 6.45) is 6.12. The highest BCUT2D eigenvalue weighted by molar-refractivity contribution is 5.94. The third-order valence-electron chi connectivity index (χ3n) is 5.83. The van der Waals surface area contributed by atoms with Gasteiger partial charge in [0.2, 0.25) is 0 Å². The maximum atomic E-state index is 5.94. The third-order valence-corrected chi connectivity index (χ3v) is 5.83. The van der Waals surface area contributed by atoms with Gasteiger partial charge in [0, 0.05) is 57.0 Å². The third kappa shape index (κ3) is 4.55. The highest BCUT2D eigenvalue weighted by atomic mass is 16.5. The molecule has 0 radical (unpaired) electrons. The first-order valence-corrected chi connectivity index (χ1v) is 10.1. The fourth-order valence-corrected chi connectivity index (χ4v) is 4.16. The molecule has 0 amide bonds. The number of ether oxygens (including phenoxy) is 3. The molecule has 2 N–H and O–H groups in total. The number of methoxy groups -OCH3 is 1. The van der Waals surface area contributed by atoms with Crippen molar-refractivity contribution in [2.24, 2.45) is 10.4 Å². The van der Waals surface area contributed by atoms with Crippen molar-refractivity contribution in [3.05, 3.63) is 24.3 Å². The number of hydrogen-bond acceptors (Lipinski definition) is 4. The highest BCUT2D eigenvalue weighted by Crippen LogP contribution is 2.57. The number of nitrogens with one attached hydrogen (secondary N) is 2. The smallest absolute Gasteiger partial charge is 0.195 e. The summed E-state index contributed by atoms with van der Waals surface area (Å²) >= 11 is 0. The molecule has 1 aromatic carbocycles. The molecular weight excluding hydrogens is 342 g/mol. The van der Waals surface area contributed by atoms with Gasteiger partial charge < -0.3 is 24.8 Å². The number of hydrogen-bond donors (Lipinski definition) is 2. The average molecular weight is 376 g/mol. The van der Waals surface area contributed by atoms with Crippen LogP contribution in [0.4, 0.5) is 5.69 Å². The van der Waals surface area contributed by atoms with E-state index >= 15 is 0 Å². The van der Waals surface area contributed by atoms with E-state index in [9.17, 15) is 0 Å². The molecule has 2 fully saturated rings. The van der Waals surface area contributed by atoms with E-state index in [0.29, 0.717) is 30.8 Å². The van der Waals surface area contributed by atoms with Crippen LogP contribution in [0.15, 0.2) is 29.3 Å². The SMILES string of the molecule is CCOC1CC(NC(=NC)Nc2cccc(OCCCOC)c2)C12CCC2. The van der Waals surface area contributed by atoms with Gasteiger partial charge in [0.15, 0.2) is 5.96 Å².